The van der Waals surface area contributed by atoms with Crippen molar-refractivity contribution in [3.8, 4) is 0 Å². The monoisotopic (exact) mass is 250 g/mol. The van der Waals surface area contributed by atoms with Crippen molar-refractivity contribution in [3.63, 3.8) is 0 Å². The maximum atomic E-state index is 9.84. The molecule has 0 spiro atoms. The molecule has 0 radical (unpaired) electrons. The van der Waals surface area contributed by atoms with Gasteiger partial charge in [-0.2, -0.15) is 0 Å². The van der Waals surface area contributed by atoms with Crippen molar-refractivity contribution in [2.75, 3.05) is 26.9 Å². The van der Waals surface area contributed by atoms with Crippen molar-refractivity contribution >= 4 is 15.5 Å². The molecule has 0 saturated carbocycles. The summed E-state index contributed by atoms with van der Waals surface area (Å²) in [4.78, 5) is 9.84. The van der Waals surface area contributed by atoms with Crippen LogP contribution in [0.5, 0.6) is 0 Å². The van der Waals surface area contributed by atoms with Gasteiger partial charge in [-0.1, -0.05) is 6.58 Å². The van der Waals surface area contributed by atoms with Gasteiger partial charge in [0.15, 0.2) is 0 Å². The van der Waals surface area contributed by atoms with E-state index in [1.165, 1.54) is 7.11 Å². The molecular weight excluding hydrogens is 228 g/mol. The average molecular weight is 250 g/mol. The molecule has 0 bridgehead atoms. The van der Waals surface area contributed by atoms with Gasteiger partial charge < -0.3 is 18.0 Å². The van der Waals surface area contributed by atoms with Crippen LogP contribution in [0.2, 0.25) is 0 Å². The van der Waals surface area contributed by atoms with Crippen LogP contribution in [0.4, 0.5) is 0 Å². The second-order valence-electron chi connectivity index (χ2n) is 2.38. The first-order valence-corrected chi connectivity index (χ1v) is 6.62. The molecule has 0 fully saturated rings. The van der Waals surface area contributed by atoms with E-state index in [4.69, 9.17) is 13.3 Å². The van der Waals surface area contributed by atoms with E-state index in [2.05, 4.69) is 11.3 Å². The zero-order valence-electron chi connectivity index (χ0n) is 10.5. The summed E-state index contributed by atoms with van der Waals surface area (Å²) >= 11 is 0. The Hall–Kier alpha value is -0.693. The number of hydrogen-bond acceptors (Lipinski definition) is 5. The number of ether oxygens (including phenoxy) is 1. The summed E-state index contributed by atoms with van der Waals surface area (Å²) in [5, 5.41) is 0. The Morgan fingerprint density at radius 3 is 1.62 bits per heavy atom. The first-order valence-electron chi connectivity index (χ1n) is 5.21. The summed E-state index contributed by atoms with van der Waals surface area (Å²) in [5.41, 5.74) is 0. The van der Waals surface area contributed by atoms with E-state index >= 15 is 0 Å². The van der Waals surface area contributed by atoms with Gasteiger partial charge in [-0.3, -0.25) is 0 Å². The van der Waals surface area contributed by atoms with Crippen molar-refractivity contribution in [3.05, 3.63) is 12.7 Å². The quantitative estimate of drug-likeness (QED) is 0.385. The van der Waals surface area contributed by atoms with Gasteiger partial charge in [0.1, 0.15) is 0 Å². The lowest BCUT2D eigenvalue weighted by Crippen LogP contribution is -2.27. The Bertz CT molecular complexity index is 160. The van der Waals surface area contributed by atoms with E-state index in [0.717, 1.165) is 6.08 Å². The SMILES string of the molecule is C=CC(=O)OC.CCO[SiH](OCC)OCC. The summed E-state index contributed by atoms with van der Waals surface area (Å²) in [6, 6.07) is 0. The second kappa shape index (κ2) is 14.3. The highest BCUT2D eigenvalue weighted by molar-refractivity contribution is 6.36. The third-order valence-corrected chi connectivity index (χ3v) is 3.09. The fourth-order valence-electron chi connectivity index (χ4n) is 0.636. The van der Waals surface area contributed by atoms with E-state index in [0.29, 0.717) is 19.8 Å². The summed E-state index contributed by atoms with van der Waals surface area (Å²) in [7, 11) is -0.424. The van der Waals surface area contributed by atoms with E-state index in [9.17, 15) is 4.79 Å². The number of carbonyl (C=O) groups excluding carboxylic acids is 1. The largest absolute Gasteiger partial charge is 0.484 e. The molecule has 0 aromatic rings. The van der Waals surface area contributed by atoms with Crippen molar-refractivity contribution in [1.29, 1.82) is 0 Å². The van der Waals surface area contributed by atoms with E-state index < -0.39 is 15.5 Å². The van der Waals surface area contributed by atoms with Crippen molar-refractivity contribution in [1.82, 2.24) is 0 Å². The van der Waals surface area contributed by atoms with E-state index in [1.54, 1.807) is 0 Å². The Labute approximate surface area is 99.3 Å². The van der Waals surface area contributed by atoms with E-state index in [1.807, 2.05) is 20.8 Å². The number of esters is 1. The van der Waals surface area contributed by atoms with Crippen LogP contribution in [-0.4, -0.2) is 42.4 Å². The topological polar surface area (TPSA) is 54.0 Å². The van der Waals surface area contributed by atoms with Crippen LogP contribution in [-0.2, 0) is 22.8 Å². The van der Waals surface area contributed by atoms with Crippen molar-refractivity contribution in [2.24, 2.45) is 0 Å². The standard InChI is InChI=1S/C6H16O3Si.C4H6O2/c1-4-7-10(8-5-2)9-6-3;1-3-4(5)6-2/h10H,4-6H2,1-3H3;3H,1H2,2H3. The molecule has 0 saturated heterocycles. The molecule has 0 aliphatic carbocycles. The highest BCUT2D eigenvalue weighted by Crippen LogP contribution is 1.91. The van der Waals surface area contributed by atoms with Crippen molar-refractivity contribution < 1.29 is 22.8 Å². The lowest BCUT2D eigenvalue weighted by atomic mass is 10.7. The van der Waals surface area contributed by atoms with Crippen LogP contribution >= 0.6 is 0 Å². The van der Waals surface area contributed by atoms with Crippen LogP contribution in [0.25, 0.3) is 0 Å². The molecule has 16 heavy (non-hydrogen) atoms. The third-order valence-electron chi connectivity index (χ3n) is 1.28. The molecule has 6 heteroatoms. The highest BCUT2D eigenvalue weighted by atomic mass is 28.3. The third kappa shape index (κ3) is 13.3. The van der Waals surface area contributed by atoms with Crippen LogP contribution in [0.3, 0.4) is 0 Å². The minimum absolute atomic E-state index is 0.394. The Morgan fingerprint density at radius 1 is 1.12 bits per heavy atom. The molecule has 0 aromatic heterocycles. The Balaban J connectivity index is 0. The molecular formula is C10H22O5Si. The van der Waals surface area contributed by atoms with Gasteiger partial charge in [0.25, 0.3) is 0 Å². The van der Waals surface area contributed by atoms with Gasteiger partial charge in [0, 0.05) is 25.9 Å². The van der Waals surface area contributed by atoms with E-state index in [-0.39, 0.29) is 0 Å². The Kier molecular flexibility index (Phi) is 15.8. The Morgan fingerprint density at radius 2 is 1.50 bits per heavy atom. The van der Waals surface area contributed by atoms with Crippen LogP contribution in [0.15, 0.2) is 12.7 Å². The lowest BCUT2D eigenvalue weighted by Gasteiger charge is -2.12. The molecule has 0 atom stereocenters. The van der Waals surface area contributed by atoms with Gasteiger partial charge >= 0.3 is 15.5 Å². The summed E-state index contributed by atoms with van der Waals surface area (Å²) in [5.74, 6) is -0.394. The van der Waals surface area contributed by atoms with Crippen LogP contribution < -0.4 is 0 Å². The zero-order chi connectivity index (χ0) is 12.8. The van der Waals surface area contributed by atoms with Crippen molar-refractivity contribution in [2.45, 2.75) is 20.8 Å². The zero-order valence-corrected chi connectivity index (χ0v) is 11.7. The molecule has 0 rings (SSSR count). The van der Waals surface area contributed by atoms with Gasteiger partial charge in [0.2, 0.25) is 0 Å². The molecule has 0 heterocycles. The van der Waals surface area contributed by atoms with Gasteiger partial charge in [-0.25, -0.2) is 4.79 Å². The number of carbonyl (C=O) groups is 1. The molecule has 0 unspecified atom stereocenters. The number of methoxy groups -OCH3 is 1. The fraction of sp³-hybridized carbons (Fsp3) is 0.700. The smallest absolute Gasteiger partial charge is 0.466 e. The molecule has 0 aromatic carbocycles. The summed E-state index contributed by atoms with van der Waals surface area (Å²) < 4.78 is 19.8. The molecule has 5 nitrogen and oxygen atoms in total. The average Bonchev–Trinajstić information content (AvgIpc) is 2.30. The minimum atomic E-state index is -1.73. The number of rotatable bonds is 7. The molecule has 0 amide bonds. The van der Waals surface area contributed by atoms with Crippen LogP contribution in [0.1, 0.15) is 20.8 Å². The maximum absolute atomic E-state index is 9.84. The maximum Gasteiger partial charge on any atom is 0.484 e. The second-order valence-corrected chi connectivity index (χ2v) is 3.96. The fourth-order valence-corrected chi connectivity index (χ4v) is 1.74. The summed E-state index contributed by atoms with van der Waals surface area (Å²) in [6.07, 6.45) is 1.11. The minimum Gasteiger partial charge on any atom is -0.466 e. The molecule has 96 valence electrons. The normalized spacial score (nSPS) is 9.31. The number of hydrogen-bond donors (Lipinski definition) is 0. The highest BCUT2D eigenvalue weighted by Gasteiger charge is 2.11. The molecule has 0 aliphatic rings. The first kappa shape index (κ1) is 17.7. The summed E-state index contributed by atoms with van der Waals surface area (Å²) in [6.45, 7) is 11.0. The molecule has 0 N–H and O–H groups in total. The van der Waals surface area contributed by atoms with Gasteiger partial charge in [-0.15, -0.1) is 0 Å². The first-order chi connectivity index (χ1) is 7.65. The molecule has 0 aliphatic heterocycles. The predicted molar refractivity (Wildman–Crippen MR) is 64.2 cm³/mol. The lowest BCUT2D eigenvalue weighted by molar-refractivity contribution is -0.134. The predicted octanol–water partition coefficient (Wildman–Crippen LogP) is 1.16. The van der Waals surface area contributed by atoms with Gasteiger partial charge in [-0.05, 0) is 20.8 Å². The van der Waals surface area contributed by atoms with Gasteiger partial charge in [0.05, 0.1) is 7.11 Å². The van der Waals surface area contributed by atoms with Crippen LogP contribution in [0, 0.1) is 0 Å².